The topological polar surface area (TPSA) is 66.5 Å². The smallest absolute Gasteiger partial charge is 0.267 e. The van der Waals surface area contributed by atoms with Crippen LogP contribution >= 0.6 is 10.0 Å². The van der Waals surface area contributed by atoms with Crippen LogP contribution in [0.2, 0.25) is 0 Å². The third-order valence-corrected chi connectivity index (χ3v) is 12.5. The largest absolute Gasteiger partial charge is 0.365 e. The number of rotatable bonds is 8. The van der Waals surface area contributed by atoms with E-state index in [0.29, 0.717) is 11.5 Å². The molecule has 1 saturated heterocycles. The van der Waals surface area contributed by atoms with E-state index in [1.54, 1.807) is 18.2 Å². The molecule has 2 atom stereocenters. The maximum atomic E-state index is 13.5. The Morgan fingerprint density at radius 1 is 1.08 bits per heavy atom. The van der Waals surface area contributed by atoms with Crippen molar-refractivity contribution in [3.8, 4) is 0 Å². The van der Waals surface area contributed by atoms with Crippen LogP contribution in [0.5, 0.6) is 0 Å². The van der Waals surface area contributed by atoms with Crippen LogP contribution in [0, 0.1) is 11.3 Å². The van der Waals surface area contributed by atoms with Crippen molar-refractivity contribution < 1.29 is 13.2 Å². The molecule has 1 heterocycles. The minimum atomic E-state index is -3.97. The highest BCUT2D eigenvalue weighted by Gasteiger charge is 2.39. The average Bonchev–Trinajstić information content (AvgIpc) is 3.08. The molecule has 0 saturated carbocycles. The second-order valence-corrected chi connectivity index (χ2v) is 17.9. The normalized spacial score (nSPS) is 20.6. The van der Waals surface area contributed by atoms with E-state index in [1.807, 2.05) is 6.07 Å². The fourth-order valence-corrected chi connectivity index (χ4v) is 8.74. The third-order valence-electron chi connectivity index (χ3n) is 7.37. The van der Waals surface area contributed by atoms with Gasteiger partial charge in [-0.3, -0.25) is 4.79 Å². The molecule has 3 rings (SSSR count). The summed E-state index contributed by atoms with van der Waals surface area (Å²) in [5, 5.41) is 0. The number of hydrogen-bond acceptors (Lipinski definition) is 4. The molecule has 1 aliphatic rings. The Morgan fingerprint density at radius 3 is 2.25 bits per heavy atom. The van der Waals surface area contributed by atoms with Crippen molar-refractivity contribution in [1.29, 1.82) is 0 Å². The fourth-order valence-electron chi connectivity index (χ4n) is 5.04. The molecule has 1 unspecified atom stereocenters. The Bertz CT molecular complexity index is 1190. The molecule has 0 aliphatic carbocycles. The van der Waals surface area contributed by atoms with Crippen molar-refractivity contribution in [1.82, 2.24) is 4.72 Å². The van der Waals surface area contributed by atoms with Crippen molar-refractivity contribution in [3.63, 3.8) is 0 Å². The van der Waals surface area contributed by atoms with Crippen LogP contribution in [0.15, 0.2) is 58.3 Å². The van der Waals surface area contributed by atoms with Gasteiger partial charge in [-0.2, -0.15) is 0 Å². The second-order valence-electron chi connectivity index (χ2n) is 12.2. The van der Waals surface area contributed by atoms with Gasteiger partial charge in [0.25, 0.3) is 15.9 Å². The lowest BCUT2D eigenvalue weighted by Crippen LogP contribution is -2.40. The molecule has 0 aromatic heterocycles. The van der Waals surface area contributed by atoms with Crippen LogP contribution in [-0.2, 0) is 10.0 Å². The summed E-state index contributed by atoms with van der Waals surface area (Å²) in [5.74, 6) is 2.09. The van der Waals surface area contributed by atoms with Crippen molar-refractivity contribution in [2.45, 2.75) is 76.6 Å². The number of anilines is 1. The first-order valence-corrected chi connectivity index (χ1v) is 16.7. The maximum Gasteiger partial charge on any atom is 0.267 e. The van der Waals surface area contributed by atoms with Crippen LogP contribution in [-0.4, -0.2) is 44.2 Å². The summed E-state index contributed by atoms with van der Waals surface area (Å²) in [6.07, 6.45) is 4.53. The number of sulfonamides is 1. The van der Waals surface area contributed by atoms with Gasteiger partial charge in [-0.05, 0) is 91.0 Å². The van der Waals surface area contributed by atoms with E-state index in [1.165, 1.54) is 17.0 Å². The molecule has 1 amide bonds. The lowest BCUT2D eigenvalue weighted by molar-refractivity contribution is 0.0981. The zero-order chi connectivity index (χ0) is 26.9. The first-order valence-electron chi connectivity index (χ1n) is 12.9. The molecule has 0 bridgehead atoms. The Morgan fingerprint density at radius 2 is 1.72 bits per heavy atom. The molecule has 2 aromatic carbocycles. The number of nitrogens with one attached hydrogen (secondary N) is 1. The van der Waals surface area contributed by atoms with E-state index in [9.17, 15) is 13.2 Å². The fraction of sp³-hybridized carbons (Fsp3) is 0.552. The van der Waals surface area contributed by atoms with Crippen LogP contribution in [0.3, 0.4) is 0 Å². The van der Waals surface area contributed by atoms with Crippen molar-refractivity contribution in [2.75, 3.05) is 29.2 Å². The lowest BCUT2D eigenvalue weighted by atomic mass is 9.94. The van der Waals surface area contributed by atoms with Gasteiger partial charge in [0.15, 0.2) is 0 Å². The summed E-state index contributed by atoms with van der Waals surface area (Å²) >= 11 is 0. The molecule has 5 nitrogen and oxygen atoms in total. The first kappa shape index (κ1) is 28.6. The molecule has 200 valence electrons. The van der Waals surface area contributed by atoms with Gasteiger partial charge in [0, 0.05) is 12.1 Å². The van der Waals surface area contributed by atoms with Gasteiger partial charge in [0.05, 0.1) is 16.1 Å². The van der Waals surface area contributed by atoms with Crippen LogP contribution in [0.4, 0.5) is 5.69 Å². The second kappa shape index (κ2) is 10.4. The molecule has 0 spiro atoms. The summed E-state index contributed by atoms with van der Waals surface area (Å²) in [6, 6.07) is 14.1. The van der Waals surface area contributed by atoms with Gasteiger partial charge in [-0.1, -0.05) is 52.8 Å². The summed E-state index contributed by atoms with van der Waals surface area (Å²) in [5.41, 5.74) is 1.37. The number of carbonyl (C=O) groups excluding carboxylic acids is 1. The molecule has 1 N–H and O–H groups in total. The zero-order valence-electron chi connectivity index (χ0n) is 23.2. The molecular weight excluding hydrogens is 488 g/mol. The highest BCUT2D eigenvalue weighted by molar-refractivity contribution is 8.33. The highest BCUT2D eigenvalue weighted by Crippen LogP contribution is 2.55. The monoisotopic (exact) mass is 532 g/mol. The van der Waals surface area contributed by atoms with E-state index >= 15 is 0 Å². The Kier molecular flexibility index (Phi) is 8.26. The number of amides is 1. The Balaban J connectivity index is 2.06. The maximum absolute atomic E-state index is 13.5. The van der Waals surface area contributed by atoms with Crippen molar-refractivity contribution >= 4 is 31.6 Å². The Labute approximate surface area is 220 Å². The van der Waals surface area contributed by atoms with Gasteiger partial charge >= 0.3 is 0 Å². The SMILES string of the molecule is CCS(C)(CCC(C)(C)C)c1ccc(C(=O)NS(=O)(=O)c2ccccc2)c(N2C[C@@H](C)CC2(C)C)c1. The minimum absolute atomic E-state index is 0.0804. The van der Waals surface area contributed by atoms with E-state index in [0.717, 1.165) is 36.6 Å². The summed E-state index contributed by atoms with van der Waals surface area (Å²) < 4.78 is 28.2. The van der Waals surface area contributed by atoms with Crippen LogP contribution < -0.4 is 9.62 Å². The van der Waals surface area contributed by atoms with Gasteiger partial charge in [-0.15, -0.1) is 0 Å². The standard InChI is InChI=1S/C29H44N2O3S2/c1-9-35(8,18-17-28(3,4)5)24-15-16-25(26(19-24)31-21-22(2)20-29(31,6)7)27(32)30-36(33,34)23-13-11-10-12-14-23/h10-16,19,22H,9,17-18,20-21H2,1-8H3,(H,30,32)/t22-/m0/s1. The quantitative estimate of drug-likeness (QED) is 0.412. The molecule has 1 aliphatic heterocycles. The van der Waals surface area contributed by atoms with Gasteiger partial charge in [-0.25, -0.2) is 23.2 Å². The molecule has 1 fully saturated rings. The predicted molar refractivity (Wildman–Crippen MR) is 154 cm³/mol. The minimum Gasteiger partial charge on any atom is -0.365 e. The number of carbonyl (C=O) groups is 1. The van der Waals surface area contributed by atoms with Crippen molar-refractivity contribution in [2.24, 2.45) is 11.3 Å². The van der Waals surface area contributed by atoms with E-state index in [-0.39, 0.29) is 15.8 Å². The van der Waals surface area contributed by atoms with Crippen molar-refractivity contribution in [3.05, 3.63) is 54.1 Å². The van der Waals surface area contributed by atoms with Gasteiger partial charge in [0.1, 0.15) is 0 Å². The molecule has 2 aromatic rings. The molecular formula is C29H44N2O3S2. The van der Waals surface area contributed by atoms with Gasteiger partial charge < -0.3 is 4.90 Å². The molecule has 0 radical (unpaired) electrons. The molecule has 36 heavy (non-hydrogen) atoms. The van der Waals surface area contributed by atoms with Crippen LogP contribution in [0.25, 0.3) is 0 Å². The molecule has 7 heteroatoms. The summed E-state index contributed by atoms with van der Waals surface area (Å²) in [4.78, 5) is 17.2. The summed E-state index contributed by atoms with van der Waals surface area (Å²) in [7, 11) is -5.06. The van der Waals surface area contributed by atoms with E-state index in [2.05, 4.69) is 76.5 Å². The first-order chi connectivity index (χ1) is 16.6. The highest BCUT2D eigenvalue weighted by atomic mass is 32.3. The van der Waals surface area contributed by atoms with Crippen LogP contribution in [0.1, 0.15) is 71.7 Å². The van der Waals surface area contributed by atoms with E-state index < -0.39 is 26.0 Å². The average molecular weight is 533 g/mol. The number of nitrogens with zero attached hydrogens (tertiary/aromatic N) is 1. The lowest BCUT2D eigenvalue weighted by Gasteiger charge is -2.40. The summed E-state index contributed by atoms with van der Waals surface area (Å²) in [6.45, 7) is 16.6. The van der Waals surface area contributed by atoms with E-state index in [4.69, 9.17) is 0 Å². The van der Waals surface area contributed by atoms with Gasteiger partial charge in [0.2, 0.25) is 0 Å². The Hall–Kier alpha value is -1.99. The number of hydrogen-bond donors (Lipinski definition) is 1. The zero-order valence-corrected chi connectivity index (χ0v) is 24.9. The third kappa shape index (κ3) is 6.46. The predicted octanol–water partition coefficient (Wildman–Crippen LogP) is 6.68. The number of benzene rings is 2.